The molecule has 0 aliphatic rings. The van der Waals surface area contributed by atoms with Crippen molar-refractivity contribution < 1.29 is 13.6 Å². The van der Waals surface area contributed by atoms with E-state index in [1.54, 1.807) is 13.1 Å². The first-order valence-corrected chi connectivity index (χ1v) is 6.58. The van der Waals surface area contributed by atoms with Gasteiger partial charge in [-0.15, -0.1) is 0 Å². The Bertz CT molecular complexity index is 669. The van der Waals surface area contributed by atoms with Gasteiger partial charge in [-0.05, 0) is 44.0 Å². The van der Waals surface area contributed by atoms with Gasteiger partial charge in [0.2, 0.25) is 0 Å². The summed E-state index contributed by atoms with van der Waals surface area (Å²) in [5, 5.41) is 2.63. The lowest BCUT2D eigenvalue weighted by atomic mass is 10.1. The van der Waals surface area contributed by atoms with Crippen molar-refractivity contribution in [3.8, 4) is 0 Å². The van der Waals surface area contributed by atoms with Crippen LogP contribution in [0.3, 0.4) is 0 Å². The number of hydrogen-bond donors (Lipinski definition) is 1. The van der Waals surface area contributed by atoms with Crippen LogP contribution in [0.25, 0.3) is 0 Å². The molecule has 21 heavy (non-hydrogen) atoms. The van der Waals surface area contributed by atoms with Crippen LogP contribution in [0.1, 0.15) is 40.1 Å². The van der Waals surface area contributed by atoms with Crippen LogP contribution >= 0.6 is 0 Å². The normalized spacial score (nSPS) is 12.0. The quantitative estimate of drug-likeness (QED) is 0.940. The van der Waals surface area contributed by atoms with Crippen molar-refractivity contribution in [2.75, 3.05) is 0 Å². The van der Waals surface area contributed by atoms with Gasteiger partial charge in [-0.25, -0.2) is 8.78 Å². The molecule has 2 rings (SSSR count). The largest absolute Gasteiger partial charge is 0.345 e. The molecule has 0 saturated carbocycles. The Balaban J connectivity index is 2.18. The maximum absolute atomic E-state index is 13.8. The molecule has 1 aromatic heterocycles. The van der Waals surface area contributed by atoms with Gasteiger partial charge in [0.15, 0.2) is 11.6 Å². The van der Waals surface area contributed by atoms with Gasteiger partial charge in [-0.3, -0.25) is 9.78 Å². The first-order valence-electron chi connectivity index (χ1n) is 6.58. The monoisotopic (exact) mass is 290 g/mol. The van der Waals surface area contributed by atoms with E-state index in [-0.39, 0.29) is 17.2 Å². The maximum Gasteiger partial charge on any atom is 0.254 e. The second-order valence-corrected chi connectivity index (χ2v) is 4.99. The van der Waals surface area contributed by atoms with Crippen LogP contribution in [-0.2, 0) is 0 Å². The highest BCUT2D eigenvalue weighted by atomic mass is 19.2. The summed E-state index contributed by atoms with van der Waals surface area (Å²) in [6.07, 6.45) is 1.65. The third kappa shape index (κ3) is 3.24. The molecule has 0 bridgehead atoms. The van der Waals surface area contributed by atoms with E-state index in [1.165, 1.54) is 19.1 Å². The zero-order valence-electron chi connectivity index (χ0n) is 12.1. The minimum absolute atomic E-state index is 0.167. The Morgan fingerprint density at radius 2 is 1.86 bits per heavy atom. The van der Waals surface area contributed by atoms with E-state index in [1.807, 2.05) is 19.1 Å². The highest BCUT2D eigenvalue weighted by Gasteiger charge is 2.19. The Labute approximate surface area is 122 Å². The first kappa shape index (κ1) is 15.1. The fourth-order valence-corrected chi connectivity index (χ4v) is 1.91. The van der Waals surface area contributed by atoms with Crippen molar-refractivity contribution in [3.05, 3.63) is 64.5 Å². The van der Waals surface area contributed by atoms with Crippen LogP contribution in [0, 0.1) is 25.5 Å². The summed E-state index contributed by atoms with van der Waals surface area (Å²) in [5.74, 6) is -2.77. The van der Waals surface area contributed by atoms with Crippen molar-refractivity contribution >= 4 is 5.91 Å². The van der Waals surface area contributed by atoms with Crippen LogP contribution in [0.2, 0.25) is 0 Å². The van der Waals surface area contributed by atoms with Gasteiger partial charge in [0, 0.05) is 11.9 Å². The number of halogens is 2. The molecule has 0 aliphatic carbocycles. The van der Waals surface area contributed by atoms with Gasteiger partial charge in [-0.1, -0.05) is 12.1 Å². The van der Waals surface area contributed by atoms with Gasteiger partial charge in [0.25, 0.3) is 5.91 Å². The van der Waals surface area contributed by atoms with Gasteiger partial charge in [-0.2, -0.15) is 0 Å². The summed E-state index contributed by atoms with van der Waals surface area (Å²) in [6.45, 7) is 5.06. The van der Waals surface area contributed by atoms with E-state index in [0.717, 1.165) is 11.3 Å². The molecular weight excluding hydrogens is 274 g/mol. The minimum Gasteiger partial charge on any atom is -0.345 e. The van der Waals surface area contributed by atoms with Crippen LogP contribution < -0.4 is 5.32 Å². The zero-order valence-corrected chi connectivity index (χ0v) is 12.1. The number of hydrogen-bond acceptors (Lipinski definition) is 2. The standard InChI is InChI=1S/C16H16F2N2O/c1-9-4-7-13(15(18)14(9)17)16(21)20-11(3)12-6-5-10(2)19-8-12/h4-8,11H,1-3H3,(H,20,21)/t11-/m1/s1. The molecule has 1 atom stereocenters. The molecule has 110 valence electrons. The molecule has 3 nitrogen and oxygen atoms in total. The molecule has 1 heterocycles. The van der Waals surface area contributed by atoms with Crippen molar-refractivity contribution in [1.82, 2.24) is 10.3 Å². The summed E-state index contributed by atoms with van der Waals surface area (Å²) in [6, 6.07) is 5.97. The van der Waals surface area contributed by atoms with Gasteiger partial charge >= 0.3 is 0 Å². The molecule has 0 saturated heterocycles. The van der Waals surface area contributed by atoms with Crippen LogP contribution in [-0.4, -0.2) is 10.9 Å². The van der Waals surface area contributed by atoms with E-state index in [4.69, 9.17) is 0 Å². The van der Waals surface area contributed by atoms with Crippen molar-refractivity contribution in [3.63, 3.8) is 0 Å². The summed E-state index contributed by atoms with van der Waals surface area (Å²) < 4.78 is 27.3. The molecule has 2 aromatic rings. The van der Waals surface area contributed by atoms with Crippen molar-refractivity contribution in [2.24, 2.45) is 0 Å². The molecule has 1 aromatic carbocycles. The number of carbonyl (C=O) groups is 1. The highest BCUT2D eigenvalue weighted by Crippen LogP contribution is 2.17. The van der Waals surface area contributed by atoms with Gasteiger partial charge in [0.05, 0.1) is 11.6 Å². The molecule has 1 N–H and O–H groups in total. The Morgan fingerprint density at radius 3 is 2.48 bits per heavy atom. The smallest absolute Gasteiger partial charge is 0.254 e. The predicted octanol–water partition coefficient (Wildman–Crippen LogP) is 3.47. The average Bonchev–Trinajstić information content (AvgIpc) is 2.45. The van der Waals surface area contributed by atoms with E-state index >= 15 is 0 Å². The van der Waals surface area contributed by atoms with E-state index in [0.29, 0.717) is 0 Å². The topological polar surface area (TPSA) is 42.0 Å². The number of nitrogens with zero attached hydrogens (tertiary/aromatic N) is 1. The Hall–Kier alpha value is -2.30. The molecule has 5 heteroatoms. The average molecular weight is 290 g/mol. The summed E-state index contributed by atoms with van der Waals surface area (Å²) >= 11 is 0. The fraction of sp³-hybridized carbons (Fsp3) is 0.250. The molecular formula is C16H16F2N2O. The third-order valence-electron chi connectivity index (χ3n) is 3.30. The lowest BCUT2D eigenvalue weighted by molar-refractivity contribution is 0.0934. The highest BCUT2D eigenvalue weighted by molar-refractivity contribution is 5.94. The molecule has 0 unspecified atom stereocenters. The number of nitrogens with one attached hydrogen (secondary N) is 1. The van der Waals surface area contributed by atoms with Crippen LogP contribution in [0.15, 0.2) is 30.5 Å². The molecule has 1 amide bonds. The number of aryl methyl sites for hydroxylation is 2. The van der Waals surface area contributed by atoms with E-state index < -0.39 is 17.5 Å². The third-order valence-corrected chi connectivity index (χ3v) is 3.30. The Kier molecular flexibility index (Phi) is 4.31. The van der Waals surface area contributed by atoms with E-state index in [9.17, 15) is 13.6 Å². The van der Waals surface area contributed by atoms with Crippen LogP contribution in [0.4, 0.5) is 8.78 Å². The van der Waals surface area contributed by atoms with Crippen LogP contribution in [0.5, 0.6) is 0 Å². The number of benzene rings is 1. The number of carbonyl (C=O) groups excluding carboxylic acids is 1. The molecule has 0 spiro atoms. The number of amides is 1. The first-order chi connectivity index (χ1) is 9.90. The lowest BCUT2D eigenvalue weighted by Crippen LogP contribution is -2.28. The minimum atomic E-state index is -1.12. The number of aromatic nitrogens is 1. The fourth-order valence-electron chi connectivity index (χ4n) is 1.91. The number of rotatable bonds is 3. The molecule has 0 radical (unpaired) electrons. The maximum atomic E-state index is 13.8. The lowest BCUT2D eigenvalue weighted by Gasteiger charge is -2.15. The van der Waals surface area contributed by atoms with Crippen molar-refractivity contribution in [2.45, 2.75) is 26.8 Å². The molecule has 0 fully saturated rings. The van der Waals surface area contributed by atoms with Gasteiger partial charge in [0.1, 0.15) is 0 Å². The van der Waals surface area contributed by atoms with E-state index in [2.05, 4.69) is 10.3 Å². The second kappa shape index (κ2) is 5.99. The summed E-state index contributed by atoms with van der Waals surface area (Å²) in [7, 11) is 0. The van der Waals surface area contributed by atoms with Crippen molar-refractivity contribution in [1.29, 1.82) is 0 Å². The molecule has 0 aliphatic heterocycles. The van der Waals surface area contributed by atoms with Gasteiger partial charge < -0.3 is 5.32 Å². The SMILES string of the molecule is Cc1ccc([C@@H](C)NC(=O)c2ccc(C)c(F)c2F)cn1. The Morgan fingerprint density at radius 1 is 1.14 bits per heavy atom. The number of pyridine rings is 1. The predicted molar refractivity (Wildman–Crippen MR) is 76.0 cm³/mol. The summed E-state index contributed by atoms with van der Waals surface area (Å²) in [4.78, 5) is 16.2. The summed E-state index contributed by atoms with van der Waals surface area (Å²) in [5.41, 5.74) is 1.52. The second-order valence-electron chi connectivity index (χ2n) is 4.99. The zero-order chi connectivity index (χ0) is 15.6.